The number of ether oxygens (including phenoxy) is 3. The molecule has 4 unspecified atom stereocenters. The number of aliphatic hydroxyl groups is 1. The van der Waals surface area contributed by atoms with Crippen molar-refractivity contribution in [1.82, 2.24) is 0 Å². The fourth-order valence-electron chi connectivity index (χ4n) is 5.53. The van der Waals surface area contributed by atoms with Gasteiger partial charge in [-0.2, -0.15) is 0 Å². The van der Waals surface area contributed by atoms with Gasteiger partial charge in [-0.05, 0) is 68.8 Å². The van der Waals surface area contributed by atoms with Crippen molar-refractivity contribution in [3.8, 4) is 0 Å². The van der Waals surface area contributed by atoms with Gasteiger partial charge in [0.25, 0.3) is 0 Å². The molecule has 172 valence electrons. The van der Waals surface area contributed by atoms with Crippen LogP contribution in [0, 0.1) is 11.8 Å². The van der Waals surface area contributed by atoms with E-state index in [0.29, 0.717) is 11.8 Å². The quantitative estimate of drug-likeness (QED) is 0.415. The van der Waals surface area contributed by atoms with Gasteiger partial charge in [0.15, 0.2) is 12.6 Å². The molecule has 9 atom stereocenters. The van der Waals surface area contributed by atoms with E-state index in [4.69, 9.17) is 18.9 Å². The summed E-state index contributed by atoms with van der Waals surface area (Å²) in [4.78, 5) is 0. The Hall–Kier alpha value is -0.0551. The third kappa shape index (κ3) is 6.96. The number of hydrogen-bond acceptors (Lipinski definition) is 5. The van der Waals surface area contributed by atoms with Gasteiger partial charge in [0.1, 0.15) is 0 Å². The van der Waals surface area contributed by atoms with Crippen molar-refractivity contribution in [3.05, 3.63) is 35.9 Å². The average molecular weight is 466 g/mol. The monoisotopic (exact) mass is 466 g/mol. The molecule has 1 N–H and O–H groups in total. The summed E-state index contributed by atoms with van der Waals surface area (Å²) >= 11 is 0. The van der Waals surface area contributed by atoms with Crippen molar-refractivity contribution in [2.24, 2.45) is 11.8 Å². The normalized spacial score (nSPS) is 33.9. The van der Waals surface area contributed by atoms with E-state index in [1.54, 1.807) is 0 Å². The van der Waals surface area contributed by atoms with E-state index in [1.165, 1.54) is 12.0 Å². The summed E-state index contributed by atoms with van der Waals surface area (Å²) in [5, 5.41) is 10.0. The summed E-state index contributed by atoms with van der Waals surface area (Å²) in [6.07, 6.45) is 8.68. The van der Waals surface area contributed by atoms with Crippen molar-refractivity contribution in [3.63, 3.8) is 0 Å². The molecule has 4 rings (SSSR count). The maximum atomic E-state index is 10.0. The molecule has 1 aromatic rings. The molecule has 1 saturated carbocycles. The SMILES string of the molecule is OC1C[C@@H]2[C@@H](CC[C@H](CCc3ccccc3)OC3CCCCO3)[C@H](OB(P)P)C[C@@H]2O1. The van der Waals surface area contributed by atoms with Crippen molar-refractivity contribution < 1.29 is 24.0 Å². The third-order valence-electron chi connectivity index (χ3n) is 7.01. The standard InChI is InChI=1S/C23H37BO5P2/c25-22-14-19-18(21(29-24(30)31)15-20(19)28-22)12-11-17(27-23-8-4-5-13-26-23)10-9-16-6-2-1-3-7-16/h1-3,6-7,17-23,25H,4-5,8-15,30-31H2/t17-,18+,19+,20-,21+,22?,23?/m0/s1. The molecule has 2 saturated heterocycles. The van der Waals surface area contributed by atoms with Crippen molar-refractivity contribution in [2.45, 2.75) is 88.7 Å². The highest BCUT2D eigenvalue weighted by molar-refractivity contribution is 7.92. The van der Waals surface area contributed by atoms with Gasteiger partial charge >= 0.3 is 6.35 Å². The van der Waals surface area contributed by atoms with E-state index in [9.17, 15) is 5.11 Å². The van der Waals surface area contributed by atoms with Crippen LogP contribution >= 0.6 is 18.2 Å². The van der Waals surface area contributed by atoms with Crippen molar-refractivity contribution >= 4 is 24.6 Å². The number of hydrogen-bond donors (Lipinski definition) is 1. The van der Waals surface area contributed by atoms with Crippen LogP contribution in [-0.4, -0.2) is 49.0 Å². The van der Waals surface area contributed by atoms with Gasteiger partial charge in [-0.1, -0.05) is 30.3 Å². The Kier molecular flexibility index (Phi) is 9.23. The minimum atomic E-state index is -0.623. The first kappa shape index (κ1) is 24.1. The van der Waals surface area contributed by atoms with Gasteiger partial charge < -0.3 is 24.0 Å². The predicted octanol–water partition coefficient (Wildman–Crippen LogP) is 4.17. The zero-order chi connectivity index (χ0) is 21.6. The van der Waals surface area contributed by atoms with Gasteiger partial charge in [-0.3, -0.25) is 0 Å². The topological polar surface area (TPSA) is 57.2 Å². The average Bonchev–Trinajstić information content (AvgIpc) is 3.26. The van der Waals surface area contributed by atoms with E-state index < -0.39 is 6.29 Å². The van der Waals surface area contributed by atoms with Crippen LogP contribution in [0.15, 0.2) is 30.3 Å². The van der Waals surface area contributed by atoms with Crippen molar-refractivity contribution in [2.75, 3.05) is 6.61 Å². The lowest BCUT2D eigenvalue weighted by Crippen LogP contribution is -2.31. The molecule has 0 amide bonds. The van der Waals surface area contributed by atoms with E-state index in [1.807, 2.05) is 0 Å². The molecule has 0 bridgehead atoms. The molecule has 31 heavy (non-hydrogen) atoms. The molecular formula is C23H37BO5P2. The smallest absolute Gasteiger partial charge is 0.336 e. The summed E-state index contributed by atoms with van der Waals surface area (Å²) < 4.78 is 24.3. The zero-order valence-electron chi connectivity index (χ0n) is 18.3. The molecule has 1 aromatic carbocycles. The second-order valence-electron chi connectivity index (χ2n) is 9.22. The molecule has 5 nitrogen and oxygen atoms in total. The van der Waals surface area contributed by atoms with Gasteiger partial charge in [-0.15, -0.1) is 18.2 Å². The Bertz CT molecular complexity index is 661. The molecule has 0 spiro atoms. The Morgan fingerprint density at radius 2 is 1.97 bits per heavy atom. The zero-order valence-corrected chi connectivity index (χ0v) is 20.6. The Labute approximate surface area is 191 Å². The number of benzene rings is 1. The van der Waals surface area contributed by atoms with E-state index in [-0.39, 0.29) is 31.0 Å². The van der Waals surface area contributed by atoms with E-state index in [2.05, 4.69) is 48.6 Å². The van der Waals surface area contributed by atoms with Crippen LogP contribution in [0.2, 0.25) is 0 Å². The summed E-state index contributed by atoms with van der Waals surface area (Å²) in [5.41, 5.74) is 1.35. The van der Waals surface area contributed by atoms with Gasteiger partial charge in [0.05, 0.1) is 12.2 Å². The maximum Gasteiger partial charge on any atom is 0.336 e. The molecule has 0 radical (unpaired) electrons. The van der Waals surface area contributed by atoms with Gasteiger partial charge in [0, 0.05) is 19.1 Å². The molecule has 3 aliphatic rings. The second-order valence-corrected chi connectivity index (χ2v) is 11.3. The summed E-state index contributed by atoms with van der Waals surface area (Å²) in [6, 6.07) is 10.6. The fraction of sp³-hybridized carbons (Fsp3) is 0.739. The van der Waals surface area contributed by atoms with Crippen LogP contribution in [0.1, 0.15) is 56.9 Å². The lowest BCUT2D eigenvalue weighted by atomic mass is 9.86. The number of aliphatic hydroxyl groups excluding tert-OH is 1. The number of fused-ring (bicyclic) bond motifs is 1. The molecule has 3 fully saturated rings. The lowest BCUT2D eigenvalue weighted by Gasteiger charge is -2.30. The highest BCUT2D eigenvalue weighted by Crippen LogP contribution is 2.47. The van der Waals surface area contributed by atoms with E-state index >= 15 is 0 Å². The fourth-order valence-corrected chi connectivity index (χ4v) is 5.93. The highest BCUT2D eigenvalue weighted by atomic mass is 31.1. The highest BCUT2D eigenvalue weighted by Gasteiger charge is 2.49. The lowest BCUT2D eigenvalue weighted by molar-refractivity contribution is -0.191. The van der Waals surface area contributed by atoms with Crippen molar-refractivity contribution in [1.29, 1.82) is 0 Å². The maximum absolute atomic E-state index is 10.0. The number of rotatable bonds is 10. The minimum Gasteiger partial charge on any atom is -0.425 e. The van der Waals surface area contributed by atoms with E-state index in [0.717, 1.165) is 58.0 Å². The number of aryl methyl sites for hydroxylation is 1. The van der Waals surface area contributed by atoms with Gasteiger partial charge in [0.2, 0.25) is 0 Å². The minimum absolute atomic E-state index is 0.0389. The largest absolute Gasteiger partial charge is 0.425 e. The first-order chi connectivity index (χ1) is 15.1. The molecule has 0 aromatic heterocycles. The van der Waals surface area contributed by atoms with Crippen LogP contribution in [0.4, 0.5) is 0 Å². The second kappa shape index (κ2) is 11.9. The Balaban J connectivity index is 1.38. The predicted molar refractivity (Wildman–Crippen MR) is 130 cm³/mol. The molecule has 8 heteroatoms. The summed E-state index contributed by atoms with van der Waals surface area (Å²) in [7, 11) is 5.42. The Morgan fingerprint density at radius 3 is 2.71 bits per heavy atom. The molecule has 2 heterocycles. The van der Waals surface area contributed by atoms with Crippen LogP contribution in [0.3, 0.4) is 0 Å². The molecular weight excluding hydrogens is 429 g/mol. The first-order valence-corrected chi connectivity index (χ1v) is 13.2. The van der Waals surface area contributed by atoms with Crippen LogP contribution in [0.25, 0.3) is 0 Å². The summed E-state index contributed by atoms with van der Waals surface area (Å²) in [6.45, 7) is 0.803. The molecule has 1 aliphatic carbocycles. The Morgan fingerprint density at radius 1 is 1.13 bits per heavy atom. The van der Waals surface area contributed by atoms with Crippen LogP contribution in [0.5, 0.6) is 0 Å². The summed E-state index contributed by atoms with van der Waals surface area (Å²) in [5.74, 6) is 0.760. The molecule has 2 aliphatic heterocycles. The first-order valence-electron chi connectivity index (χ1n) is 11.9. The van der Waals surface area contributed by atoms with Gasteiger partial charge in [-0.25, -0.2) is 0 Å². The third-order valence-corrected chi connectivity index (χ3v) is 7.32. The van der Waals surface area contributed by atoms with Crippen LogP contribution < -0.4 is 0 Å². The van der Waals surface area contributed by atoms with Crippen LogP contribution in [-0.2, 0) is 25.3 Å².